The number of halogens is 1. The molecule has 35 heavy (non-hydrogen) atoms. The highest BCUT2D eigenvalue weighted by atomic mass is 32.2. The van der Waals surface area contributed by atoms with E-state index >= 15 is 0 Å². The van der Waals surface area contributed by atoms with E-state index in [2.05, 4.69) is 20.0 Å². The van der Waals surface area contributed by atoms with Crippen LogP contribution in [0.2, 0.25) is 0 Å². The molecule has 3 N–H and O–H groups in total. The lowest BCUT2D eigenvalue weighted by Crippen LogP contribution is -2.13. The average Bonchev–Trinajstić information content (AvgIpc) is 3.12. The summed E-state index contributed by atoms with van der Waals surface area (Å²) in [6, 6.07) is 11.2. The number of carboxylic acids is 1. The van der Waals surface area contributed by atoms with E-state index in [9.17, 15) is 22.7 Å². The van der Waals surface area contributed by atoms with Crippen LogP contribution in [0.4, 0.5) is 15.9 Å². The predicted octanol–water partition coefficient (Wildman–Crippen LogP) is 4.04. The average molecular weight is 498 g/mol. The molecule has 0 atom stereocenters. The van der Waals surface area contributed by atoms with E-state index in [0.717, 1.165) is 22.9 Å². The maximum absolute atomic E-state index is 14.5. The molecule has 4 rings (SSSR count). The van der Waals surface area contributed by atoms with Crippen LogP contribution in [0.1, 0.15) is 21.6 Å². The summed E-state index contributed by atoms with van der Waals surface area (Å²) in [5, 5.41) is 13.5. The third kappa shape index (κ3) is 5.24. The zero-order valence-electron chi connectivity index (χ0n) is 19.3. The van der Waals surface area contributed by atoms with Crippen molar-refractivity contribution in [3.05, 3.63) is 71.4 Å². The number of carbonyl (C=O) groups is 1. The number of rotatable bonds is 8. The van der Waals surface area contributed by atoms with Crippen LogP contribution < -0.4 is 10.0 Å². The minimum atomic E-state index is -3.69. The second-order valence-electron chi connectivity index (χ2n) is 8.22. The minimum Gasteiger partial charge on any atom is -0.478 e. The number of aryl methyl sites for hydroxylation is 2. The van der Waals surface area contributed by atoms with Crippen molar-refractivity contribution in [1.82, 2.24) is 14.5 Å². The Bertz CT molecular complexity index is 1550. The molecular weight excluding hydrogens is 473 g/mol. The fourth-order valence-corrected chi connectivity index (χ4v) is 4.54. The van der Waals surface area contributed by atoms with Crippen LogP contribution in [0.5, 0.6) is 0 Å². The Hall–Kier alpha value is -3.99. The molecule has 0 fully saturated rings. The Balaban J connectivity index is 1.55. The molecule has 0 aliphatic rings. The molecule has 0 aliphatic heterocycles. The Kier molecular flexibility index (Phi) is 6.44. The van der Waals surface area contributed by atoms with Gasteiger partial charge in [-0.3, -0.25) is 4.72 Å². The van der Waals surface area contributed by atoms with Crippen molar-refractivity contribution in [3.63, 3.8) is 0 Å². The Morgan fingerprint density at radius 3 is 2.60 bits per heavy atom. The lowest BCUT2D eigenvalue weighted by atomic mass is 10.1. The number of anilines is 2. The van der Waals surface area contributed by atoms with Gasteiger partial charge < -0.3 is 15.0 Å². The van der Waals surface area contributed by atoms with Crippen LogP contribution >= 0.6 is 0 Å². The summed E-state index contributed by atoms with van der Waals surface area (Å²) in [4.78, 5) is 19.9. The highest BCUT2D eigenvalue weighted by Gasteiger charge is 2.16. The third-order valence-electron chi connectivity index (χ3n) is 5.58. The molecule has 0 aliphatic carbocycles. The van der Waals surface area contributed by atoms with Crippen LogP contribution in [0.15, 0.2) is 48.8 Å². The zero-order valence-corrected chi connectivity index (χ0v) is 20.1. The molecule has 0 saturated carbocycles. The molecule has 2 aromatic carbocycles. The first-order valence-electron chi connectivity index (χ1n) is 10.7. The normalized spacial score (nSPS) is 11.5. The van der Waals surface area contributed by atoms with Gasteiger partial charge in [0.25, 0.3) is 0 Å². The quantitative estimate of drug-likeness (QED) is 0.335. The van der Waals surface area contributed by atoms with Gasteiger partial charge in [0.05, 0.1) is 28.7 Å². The molecule has 0 bridgehead atoms. The fraction of sp³-hybridized carbons (Fsp3) is 0.208. The monoisotopic (exact) mass is 497 g/mol. The van der Waals surface area contributed by atoms with E-state index in [4.69, 9.17) is 0 Å². The van der Waals surface area contributed by atoms with Crippen LogP contribution in [0, 0.1) is 19.7 Å². The van der Waals surface area contributed by atoms with Gasteiger partial charge in [-0.2, -0.15) is 0 Å². The molecule has 9 nitrogen and oxygen atoms in total. The van der Waals surface area contributed by atoms with Gasteiger partial charge in [-0.25, -0.2) is 27.6 Å². The first kappa shape index (κ1) is 24.1. The molecular formula is C24H24FN5O4S. The van der Waals surface area contributed by atoms with E-state index in [0.29, 0.717) is 35.7 Å². The Morgan fingerprint density at radius 2 is 1.89 bits per heavy atom. The molecule has 2 aromatic heterocycles. The highest BCUT2D eigenvalue weighted by Crippen LogP contribution is 2.27. The number of aromatic nitrogens is 3. The van der Waals surface area contributed by atoms with Crippen molar-refractivity contribution < 1.29 is 22.7 Å². The maximum atomic E-state index is 14.5. The molecule has 0 saturated heterocycles. The number of hydrogen-bond acceptors (Lipinski definition) is 6. The number of benzene rings is 2. The molecule has 0 amide bonds. The summed E-state index contributed by atoms with van der Waals surface area (Å²) in [7, 11) is -3.69. The van der Waals surface area contributed by atoms with Gasteiger partial charge in [0.15, 0.2) is 0 Å². The molecule has 4 aromatic rings. The molecule has 2 heterocycles. The number of carboxylic acid groups (broad SMARTS) is 1. The number of sulfonamides is 1. The summed E-state index contributed by atoms with van der Waals surface area (Å²) < 4.78 is 42.0. The molecule has 182 valence electrons. The second-order valence-corrected chi connectivity index (χ2v) is 9.97. The van der Waals surface area contributed by atoms with Crippen molar-refractivity contribution in [2.75, 3.05) is 22.8 Å². The molecule has 0 radical (unpaired) electrons. The number of fused-ring (bicyclic) bond motifs is 1. The summed E-state index contributed by atoms with van der Waals surface area (Å²) in [5.41, 5.74) is 3.27. The minimum absolute atomic E-state index is 0.0575. The SMILES string of the molecule is Cc1ccc(F)c2c1cc(C)n2CCNc1cc(-c2ccc(C(=O)O)c(NS(C)(=O)=O)c2)ncn1. The van der Waals surface area contributed by atoms with Crippen molar-refractivity contribution in [2.24, 2.45) is 0 Å². The summed E-state index contributed by atoms with van der Waals surface area (Å²) >= 11 is 0. The third-order valence-corrected chi connectivity index (χ3v) is 6.18. The van der Waals surface area contributed by atoms with Crippen molar-refractivity contribution in [2.45, 2.75) is 20.4 Å². The van der Waals surface area contributed by atoms with Gasteiger partial charge in [-0.1, -0.05) is 12.1 Å². The van der Waals surface area contributed by atoms with Crippen molar-refractivity contribution in [1.29, 1.82) is 0 Å². The number of aromatic carboxylic acids is 1. The smallest absolute Gasteiger partial charge is 0.337 e. The maximum Gasteiger partial charge on any atom is 0.337 e. The van der Waals surface area contributed by atoms with Crippen molar-refractivity contribution in [3.8, 4) is 11.3 Å². The Labute approximate surface area is 201 Å². The van der Waals surface area contributed by atoms with Crippen LogP contribution in [-0.4, -0.2) is 46.8 Å². The molecule has 0 spiro atoms. The van der Waals surface area contributed by atoms with Crippen LogP contribution in [0.25, 0.3) is 22.2 Å². The topological polar surface area (TPSA) is 126 Å². The van der Waals surface area contributed by atoms with E-state index < -0.39 is 16.0 Å². The van der Waals surface area contributed by atoms with Crippen LogP contribution in [0.3, 0.4) is 0 Å². The standard InChI is InChI=1S/C24H24FN5O4S/c1-14-4-7-19(25)23-18(14)10-15(2)30(23)9-8-26-22-12-20(27-13-28-22)16-5-6-17(24(31)32)21(11-16)29-35(3,33)34/h4-7,10-13,29H,8-9H2,1-3H3,(H,31,32)(H,26,27,28). The summed E-state index contributed by atoms with van der Waals surface area (Å²) in [5.74, 6) is -1.01. The largest absolute Gasteiger partial charge is 0.478 e. The van der Waals surface area contributed by atoms with Gasteiger partial charge >= 0.3 is 5.97 Å². The van der Waals surface area contributed by atoms with Gasteiger partial charge in [0.2, 0.25) is 10.0 Å². The first-order valence-corrected chi connectivity index (χ1v) is 12.6. The van der Waals surface area contributed by atoms with E-state index in [1.807, 2.05) is 24.5 Å². The summed E-state index contributed by atoms with van der Waals surface area (Å²) in [6.07, 6.45) is 2.30. The van der Waals surface area contributed by atoms with Gasteiger partial charge in [0, 0.05) is 35.8 Å². The Morgan fingerprint density at radius 1 is 1.11 bits per heavy atom. The second kappa shape index (κ2) is 9.34. The van der Waals surface area contributed by atoms with Gasteiger partial charge in [-0.05, 0) is 43.7 Å². The van der Waals surface area contributed by atoms with Crippen molar-refractivity contribution >= 4 is 38.4 Å². The number of nitrogens with one attached hydrogen (secondary N) is 2. The zero-order chi connectivity index (χ0) is 25.3. The van der Waals surface area contributed by atoms with Crippen LogP contribution in [-0.2, 0) is 16.6 Å². The van der Waals surface area contributed by atoms with E-state index in [1.54, 1.807) is 18.2 Å². The lowest BCUT2D eigenvalue weighted by molar-refractivity contribution is 0.0698. The number of nitrogens with zero attached hydrogens (tertiary/aromatic N) is 3. The molecule has 0 unspecified atom stereocenters. The summed E-state index contributed by atoms with van der Waals surface area (Å²) in [6.45, 7) is 4.86. The van der Waals surface area contributed by atoms with Gasteiger partial charge in [-0.15, -0.1) is 0 Å². The molecule has 11 heteroatoms. The van der Waals surface area contributed by atoms with Gasteiger partial charge in [0.1, 0.15) is 18.0 Å². The number of hydrogen-bond donors (Lipinski definition) is 3. The first-order chi connectivity index (χ1) is 16.5. The lowest BCUT2D eigenvalue weighted by Gasteiger charge is -2.12. The highest BCUT2D eigenvalue weighted by molar-refractivity contribution is 7.92. The van der Waals surface area contributed by atoms with E-state index in [1.165, 1.54) is 24.5 Å². The fourth-order valence-electron chi connectivity index (χ4n) is 3.97. The predicted molar refractivity (Wildman–Crippen MR) is 133 cm³/mol. The van der Waals surface area contributed by atoms with E-state index in [-0.39, 0.29) is 17.1 Å².